The summed E-state index contributed by atoms with van der Waals surface area (Å²) in [5.74, 6) is -0.458. The van der Waals surface area contributed by atoms with Crippen molar-refractivity contribution in [2.75, 3.05) is 5.32 Å². The van der Waals surface area contributed by atoms with Crippen molar-refractivity contribution in [3.05, 3.63) is 30.1 Å². The van der Waals surface area contributed by atoms with Crippen LogP contribution < -0.4 is 5.32 Å². The molecule has 0 amide bonds. The molecule has 6 heteroatoms. The molecule has 0 spiro atoms. The Morgan fingerprint density at radius 3 is 2.37 bits per heavy atom. The Balaban J connectivity index is 2.19. The van der Waals surface area contributed by atoms with Crippen LogP contribution in [0.15, 0.2) is 24.3 Å². The normalized spacial score (nSPS) is 28.2. The smallest absolute Gasteiger partial charge is 0.379 e. The van der Waals surface area contributed by atoms with Crippen LogP contribution in [0.1, 0.15) is 25.7 Å². The largest absolute Gasteiger partial charge is 0.419 e. The molecule has 1 saturated carbocycles. The van der Waals surface area contributed by atoms with Crippen molar-refractivity contribution in [1.29, 1.82) is 0 Å². The molecule has 0 radical (unpaired) electrons. The molecule has 106 valence electrons. The number of aliphatic hydroxyl groups is 1. The molecule has 2 atom stereocenters. The van der Waals surface area contributed by atoms with E-state index in [2.05, 4.69) is 5.32 Å². The van der Waals surface area contributed by atoms with E-state index in [9.17, 15) is 22.7 Å². The van der Waals surface area contributed by atoms with E-state index in [1.165, 1.54) is 12.1 Å². The van der Waals surface area contributed by atoms with Gasteiger partial charge in [-0.15, -0.1) is 0 Å². The minimum absolute atomic E-state index is 0.230. The third kappa shape index (κ3) is 2.83. The molecule has 1 aliphatic rings. The minimum atomic E-state index is -4.68. The van der Waals surface area contributed by atoms with Crippen molar-refractivity contribution < 1.29 is 22.7 Å². The van der Waals surface area contributed by atoms with Gasteiger partial charge in [0.2, 0.25) is 0 Å². The number of anilines is 1. The predicted molar refractivity (Wildman–Crippen MR) is 63.3 cm³/mol. The summed E-state index contributed by atoms with van der Waals surface area (Å²) in [6.07, 6.45) is -3.79. The van der Waals surface area contributed by atoms with Crippen LogP contribution in [0.4, 0.5) is 23.2 Å². The number of rotatable bonds is 2. The second-order valence-corrected chi connectivity index (χ2v) is 4.87. The average Bonchev–Trinajstić information content (AvgIpc) is 2.33. The Morgan fingerprint density at radius 2 is 1.79 bits per heavy atom. The van der Waals surface area contributed by atoms with Crippen molar-refractivity contribution in [2.45, 2.75) is 43.5 Å². The highest BCUT2D eigenvalue weighted by Crippen LogP contribution is 2.42. The van der Waals surface area contributed by atoms with E-state index in [1.54, 1.807) is 0 Å². The number of halogens is 4. The van der Waals surface area contributed by atoms with Crippen LogP contribution in [0, 0.1) is 5.82 Å². The molecule has 0 saturated heterocycles. The molecule has 2 nitrogen and oxygen atoms in total. The summed E-state index contributed by atoms with van der Waals surface area (Å²) in [7, 11) is 0. The Bertz CT molecular complexity index is 431. The lowest BCUT2D eigenvalue weighted by Gasteiger charge is -2.41. The third-order valence-corrected chi connectivity index (χ3v) is 3.55. The summed E-state index contributed by atoms with van der Waals surface area (Å²) in [5.41, 5.74) is -2.35. The Labute approximate surface area is 108 Å². The van der Waals surface area contributed by atoms with Crippen LogP contribution in [0.5, 0.6) is 0 Å². The molecule has 1 fully saturated rings. The van der Waals surface area contributed by atoms with Crippen LogP contribution in [0.25, 0.3) is 0 Å². The van der Waals surface area contributed by atoms with Crippen molar-refractivity contribution in [3.63, 3.8) is 0 Å². The monoisotopic (exact) mass is 277 g/mol. The Morgan fingerprint density at radius 1 is 1.16 bits per heavy atom. The highest BCUT2D eigenvalue weighted by molar-refractivity contribution is 5.44. The van der Waals surface area contributed by atoms with E-state index in [0.717, 1.165) is 12.1 Å². The fourth-order valence-electron chi connectivity index (χ4n) is 2.43. The summed E-state index contributed by atoms with van der Waals surface area (Å²) < 4.78 is 51.7. The zero-order chi connectivity index (χ0) is 14.1. The first kappa shape index (κ1) is 14.1. The SMILES string of the molecule is O[C@]1(C(F)(F)F)CCCC[C@H]1Nc1ccc(F)cc1. The van der Waals surface area contributed by atoms with Crippen LogP contribution >= 0.6 is 0 Å². The molecule has 0 heterocycles. The molecule has 0 bridgehead atoms. The van der Waals surface area contributed by atoms with E-state index in [4.69, 9.17) is 0 Å². The lowest BCUT2D eigenvalue weighted by molar-refractivity contribution is -0.272. The fourth-order valence-corrected chi connectivity index (χ4v) is 2.43. The summed E-state index contributed by atoms with van der Waals surface area (Å²) in [6, 6.07) is 3.95. The van der Waals surface area contributed by atoms with Gasteiger partial charge in [-0.25, -0.2) is 4.39 Å². The standard InChI is InChI=1S/C13H15F4NO/c14-9-4-6-10(7-5-9)18-11-3-1-2-8-12(11,19)13(15,16)17/h4-7,11,18-19H,1-3,8H2/t11-,12-/m1/s1. The van der Waals surface area contributed by atoms with Gasteiger partial charge in [0, 0.05) is 5.69 Å². The molecule has 2 N–H and O–H groups in total. The molecule has 1 aromatic rings. The summed E-state index contributed by atoms with van der Waals surface area (Å²) in [4.78, 5) is 0. The lowest BCUT2D eigenvalue weighted by Crippen LogP contribution is -2.58. The first-order valence-electron chi connectivity index (χ1n) is 6.14. The summed E-state index contributed by atoms with van der Waals surface area (Å²) in [5, 5.41) is 12.6. The van der Waals surface area contributed by atoms with Gasteiger partial charge in [0.1, 0.15) is 5.82 Å². The molecule has 0 aliphatic heterocycles. The molecular weight excluding hydrogens is 262 g/mol. The third-order valence-electron chi connectivity index (χ3n) is 3.55. The maximum Gasteiger partial charge on any atom is 0.419 e. The first-order valence-corrected chi connectivity index (χ1v) is 6.14. The van der Waals surface area contributed by atoms with E-state index in [0.29, 0.717) is 18.5 Å². The number of hydrogen-bond donors (Lipinski definition) is 2. The van der Waals surface area contributed by atoms with Gasteiger partial charge in [-0.1, -0.05) is 12.8 Å². The number of hydrogen-bond acceptors (Lipinski definition) is 2. The molecule has 1 aliphatic carbocycles. The predicted octanol–water partition coefficient (Wildman–Crippen LogP) is 3.47. The zero-order valence-electron chi connectivity index (χ0n) is 10.2. The number of nitrogens with one attached hydrogen (secondary N) is 1. The maximum absolute atomic E-state index is 13.0. The van der Waals surface area contributed by atoms with Gasteiger partial charge in [-0.05, 0) is 37.1 Å². The molecule has 0 aromatic heterocycles. The van der Waals surface area contributed by atoms with Crippen molar-refractivity contribution >= 4 is 5.69 Å². The lowest BCUT2D eigenvalue weighted by atomic mass is 9.79. The molecule has 2 rings (SSSR count). The fraction of sp³-hybridized carbons (Fsp3) is 0.538. The maximum atomic E-state index is 13.0. The van der Waals surface area contributed by atoms with Crippen molar-refractivity contribution in [1.82, 2.24) is 0 Å². The van der Waals surface area contributed by atoms with Crippen LogP contribution in [-0.2, 0) is 0 Å². The van der Waals surface area contributed by atoms with Crippen molar-refractivity contribution in [3.8, 4) is 0 Å². The second-order valence-electron chi connectivity index (χ2n) is 4.87. The molecule has 19 heavy (non-hydrogen) atoms. The second kappa shape index (κ2) is 5.00. The van der Waals surface area contributed by atoms with Gasteiger partial charge in [-0.3, -0.25) is 0 Å². The summed E-state index contributed by atoms with van der Waals surface area (Å²) >= 11 is 0. The van der Waals surface area contributed by atoms with Crippen LogP contribution in [0.2, 0.25) is 0 Å². The molecule has 1 aromatic carbocycles. The van der Waals surface area contributed by atoms with Gasteiger partial charge in [0.25, 0.3) is 0 Å². The number of alkyl halides is 3. The quantitative estimate of drug-likeness (QED) is 0.811. The highest BCUT2D eigenvalue weighted by atomic mass is 19.4. The zero-order valence-corrected chi connectivity index (χ0v) is 10.2. The Kier molecular flexibility index (Phi) is 3.71. The van der Waals surface area contributed by atoms with E-state index >= 15 is 0 Å². The molecule has 0 unspecified atom stereocenters. The van der Waals surface area contributed by atoms with E-state index in [-0.39, 0.29) is 12.8 Å². The van der Waals surface area contributed by atoms with Gasteiger partial charge >= 0.3 is 6.18 Å². The van der Waals surface area contributed by atoms with E-state index < -0.39 is 23.6 Å². The number of benzene rings is 1. The van der Waals surface area contributed by atoms with E-state index in [1.807, 2.05) is 0 Å². The molecular formula is C13H15F4NO. The average molecular weight is 277 g/mol. The topological polar surface area (TPSA) is 32.3 Å². The van der Waals surface area contributed by atoms with Crippen molar-refractivity contribution in [2.24, 2.45) is 0 Å². The van der Waals surface area contributed by atoms with Gasteiger partial charge in [-0.2, -0.15) is 13.2 Å². The van der Waals surface area contributed by atoms with Crippen LogP contribution in [0.3, 0.4) is 0 Å². The van der Waals surface area contributed by atoms with Crippen LogP contribution in [-0.4, -0.2) is 22.9 Å². The van der Waals surface area contributed by atoms with Gasteiger partial charge < -0.3 is 10.4 Å². The highest BCUT2D eigenvalue weighted by Gasteiger charge is 2.59. The Hall–Kier alpha value is -1.30. The minimum Gasteiger partial charge on any atom is -0.379 e. The first-order chi connectivity index (χ1) is 8.83. The van der Waals surface area contributed by atoms with Gasteiger partial charge in [0.15, 0.2) is 5.60 Å². The van der Waals surface area contributed by atoms with Gasteiger partial charge in [0.05, 0.1) is 6.04 Å². The summed E-state index contributed by atoms with van der Waals surface area (Å²) in [6.45, 7) is 0.